The third-order valence-corrected chi connectivity index (χ3v) is 6.90. The Labute approximate surface area is 223 Å². The van der Waals surface area contributed by atoms with Crippen molar-refractivity contribution in [2.45, 2.75) is 40.2 Å². The van der Waals surface area contributed by atoms with E-state index in [-0.39, 0.29) is 18.2 Å². The first-order valence-electron chi connectivity index (χ1n) is 12.9. The maximum atomic E-state index is 14.1. The lowest BCUT2D eigenvalue weighted by Gasteiger charge is -2.36. The van der Waals surface area contributed by atoms with Crippen molar-refractivity contribution in [1.29, 1.82) is 0 Å². The molecular formula is C29H36FN5O3. The van der Waals surface area contributed by atoms with Gasteiger partial charge in [0, 0.05) is 31.7 Å². The molecule has 0 bridgehead atoms. The summed E-state index contributed by atoms with van der Waals surface area (Å²) in [4.78, 5) is 25.3. The fourth-order valence-electron chi connectivity index (χ4n) is 4.56. The van der Waals surface area contributed by atoms with Gasteiger partial charge in [0.15, 0.2) is 17.4 Å². The van der Waals surface area contributed by atoms with E-state index in [1.54, 1.807) is 12.1 Å². The molecule has 0 spiro atoms. The van der Waals surface area contributed by atoms with Crippen LogP contribution in [0.15, 0.2) is 36.4 Å². The monoisotopic (exact) mass is 521 g/mol. The molecular weight excluding hydrogens is 485 g/mol. The summed E-state index contributed by atoms with van der Waals surface area (Å²) in [5, 5.41) is 0. The van der Waals surface area contributed by atoms with E-state index in [0.29, 0.717) is 50.1 Å². The molecule has 0 saturated carbocycles. The van der Waals surface area contributed by atoms with Crippen LogP contribution in [0, 0.1) is 19.7 Å². The van der Waals surface area contributed by atoms with E-state index in [2.05, 4.69) is 36.9 Å². The lowest BCUT2D eigenvalue weighted by atomic mass is 10.0. The minimum absolute atomic E-state index is 0.137. The van der Waals surface area contributed by atoms with Gasteiger partial charge in [0.1, 0.15) is 18.2 Å². The second kappa shape index (κ2) is 11.8. The molecule has 4 rings (SSSR count). The summed E-state index contributed by atoms with van der Waals surface area (Å²) in [6, 6.07) is 10.9. The van der Waals surface area contributed by atoms with Gasteiger partial charge in [-0.05, 0) is 55.2 Å². The number of anilines is 1. The van der Waals surface area contributed by atoms with Gasteiger partial charge in [-0.25, -0.2) is 14.4 Å². The summed E-state index contributed by atoms with van der Waals surface area (Å²) >= 11 is 0. The highest BCUT2D eigenvalue weighted by Gasteiger charge is 2.24. The maximum absolute atomic E-state index is 14.1. The summed E-state index contributed by atoms with van der Waals surface area (Å²) in [5.74, 6) is 1.84. The molecule has 1 fully saturated rings. The molecule has 1 aromatic heterocycles. The molecule has 0 radical (unpaired) electrons. The van der Waals surface area contributed by atoms with Gasteiger partial charge in [0.25, 0.3) is 0 Å². The molecule has 2 N–H and O–H groups in total. The summed E-state index contributed by atoms with van der Waals surface area (Å²) in [6.07, 6.45) is 0. The topological polar surface area (TPSA) is 93.8 Å². The zero-order valence-corrected chi connectivity index (χ0v) is 22.8. The molecule has 0 atom stereocenters. The van der Waals surface area contributed by atoms with Gasteiger partial charge in [0.05, 0.1) is 24.9 Å². The van der Waals surface area contributed by atoms with Gasteiger partial charge >= 0.3 is 0 Å². The van der Waals surface area contributed by atoms with Crippen molar-refractivity contribution in [3.05, 3.63) is 64.6 Å². The number of benzene rings is 2. The lowest BCUT2D eigenvalue weighted by molar-refractivity contribution is -0.119. The minimum atomic E-state index is -0.442. The maximum Gasteiger partial charge on any atom is 0.231 e. The molecule has 0 unspecified atom stereocenters. The normalized spacial score (nSPS) is 14.1. The van der Waals surface area contributed by atoms with Gasteiger partial charge in [-0.2, -0.15) is 0 Å². The third kappa shape index (κ3) is 6.22. The van der Waals surface area contributed by atoms with E-state index >= 15 is 0 Å². The van der Waals surface area contributed by atoms with Crippen molar-refractivity contribution in [2.24, 2.45) is 5.73 Å². The Morgan fingerprint density at radius 1 is 1.05 bits per heavy atom. The Morgan fingerprint density at radius 3 is 2.45 bits per heavy atom. The summed E-state index contributed by atoms with van der Waals surface area (Å²) in [5.41, 5.74) is 10.0. The smallest absolute Gasteiger partial charge is 0.231 e. The molecule has 3 aromatic rings. The van der Waals surface area contributed by atoms with E-state index in [9.17, 15) is 9.18 Å². The van der Waals surface area contributed by atoms with Crippen molar-refractivity contribution in [2.75, 3.05) is 44.7 Å². The largest absolute Gasteiger partial charge is 0.494 e. The highest BCUT2D eigenvalue weighted by molar-refractivity contribution is 5.76. The van der Waals surface area contributed by atoms with Crippen LogP contribution in [0.5, 0.6) is 11.5 Å². The Morgan fingerprint density at radius 2 is 1.79 bits per heavy atom. The van der Waals surface area contributed by atoms with Crippen molar-refractivity contribution < 1.29 is 18.7 Å². The predicted molar refractivity (Wildman–Crippen MR) is 146 cm³/mol. The lowest BCUT2D eigenvalue weighted by Crippen LogP contribution is -2.49. The quantitative estimate of drug-likeness (QED) is 0.451. The van der Waals surface area contributed by atoms with Gasteiger partial charge in [-0.3, -0.25) is 9.69 Å². The van der Waals surface area contributed by atoms with E-state index in [0.717, 1.165) is 28.4 Å². The zero-order chi connectivity index (χ0) is 27.4. The van der Waals surface area contributed by atoms with E-state index < -0.39 is 5.82 Å². The number of amides is 1. The number of carbonyl (C=O) groups is 1. The number of aromatic nitrogens is 2. The highest BCUT2D eigenvalue weighted by atomic mass is 19.1. The summed E-state index contributed by atoms with van der Waals surface area (Å²) in [7, 11) is 1.43. The average Bonchev–Trinajstić information content (AvgIpc) is 2.88. The number of carbonyl (C=O) groups excluding carboxylic acids is 1. The van der Waals surface area contributed by atoms with Crippen LogP contribution in [0.3, 0.4) is 0 Å². The van der Waals surface area contributed by atoms with Crippen LogP contribution < -0.4 is 20.1 Å². The minimum Gasteiger partial charge on any atom is -0.494 e. The summed E-state index contributed by atoms with van der Waals surface area (Å²) in [6.45, 7) is 11.5. The molecule has 38 heavy (non-hydrogen) atoms. The van der Waals surface area contributed by atoms with Crippen molar-refractivity contribution >= 4 is 11.7 Å². The van der Waals surface area contributed by atoms with Crippen LogP contribution in [0.1, 0.15) is 42.1 Å². The number of nitrogens with two attached hydrogens (primary N) is 1. The first-order chi connectivity index (χ1) is 18.2. The number of piperazine rings is 1. The van der Waals surface area contributed by atoms with Crippen molar-refractivity contribution in [3.8, 4) is 22.9 Å². The Bertz CT molecular complexity index is 1310. The number of hydrogen-bond donors (Lipinski definition) is 1. The SMILES string of the molecule is COc1cc(-c2nc(C)c(COc3cc(C(C)C)ccc3C)c(N3CCN(CC(N)=O)CC3)n2)ccc1F. The van der Waals surface area contributed by atoms with E-state index in [1.165, 1.54) is 18.7 Å². The fourth-order valence-corrected chi connectivity index (χ4v) is 4.56. The molecule has 2 aromatic carbocycles. The van der Waals surface area contributed by atoms with Crippen molar-refractivity contribution in [3.63, 3.8) is 0 Å². The Balaban J connectivity index is 1.69. The Hall–Kier alpha value is -3.72. The number of aryl methyl sites for hydroxylation is 2. The number of hydrogen-bond acceptors (Lipinski definition) is 7. The van der Waals surface area contributed by atoms with E-state index in [1.807, 2.05) is 18.7 Å². The molecule has 2 heterocycles. The highest BCUT2D eigenvalue weighted by Crippen LogP contribution is 2.31. The van der Waals surface area contributed by atoms with Crippen LogP contribution in [0.25, 0.3) is 11.4 Å². The molecule has 202 valence electrons. The van der Waals surface area contributed by atoms with Crippen LogP contribution in [-0.4, -0.2) is 60.6 Å². The first-order valence-corrected chi connectivity index (χ1v) is 12.9. The number of ether oxygens (including phenoxy) is 2. The fraction of sp³-hybridized carbons (Fsp3) is 0.414. The first kappa shape index (κ1) is 27.3. The second-order valence-corrected chi connectivity index (χ2v) is 9.98. The molecule has 1 aliphatic rings. The van der Waals surface area contributed by atoms with E-state index in [4.69, 9.17) is 25.2 Å². The molecule has 9 heteroatoms. The standard InChI is InChI=1S/C29H36FN5O3/c1-18(2)21-7-6-19(3)25(14-21)38-17-23-20(4)32-28(22-8-9-24(30)26(15-22)37-5)33-29(23)35-12-10-34(11-13-35)16-27(31)36/h6-9,14-15,18H,10-13,16-17H2,1-5H3,(H2,31,36). The number of nitrogens with zero attached hydrogens (tertiary/aromatic N) is 4. The zero-order valence-electron chi connectivity index (χ0n) is 22.8. The molecule has 1 saturated heterocycles. The number of halogens is 1. The molecule has 1 aliphatic heterocycles. The third-order valence-electron chi connectivity index (χ3n) is 6.90. The molecule has 8 nitrogen and oxygen atoms in total. The van der Waals surface area contributed by atoms with Crippen LogP contribution in [0.2, 0.25) is 0 Å². The number of methoxy groups -OCH3 is 1. The van der Waals surface area contributed by atoms with Crippen LogP contribution >= 0.6 is 0 Å². The molecule has 0 aliphatic carbocycles. The van der Waals surface area contributed by atoms with Gasteiger partial charge in [0.2, 0.25) is 5.91 Å². The van der Waals surface area contributed by atoms with Gasteiger partial charge in [-0.15, -0.1) is 0 Å². The van der Waals surface area contributed by atoms with Crippen molar-refractivity contribution in [1.82, 2.24) is 14.9 Å². The average molecular weight is 522 g/mol. The number of rotatable bonds is 9. The van der Waals surface area contributed by atoms with Gasteiger partial charge in [-0.1, -0.05) is 26.0 Å². The predicted octanol–water partition coefficient (Wildman–Crippen LogP) is 4.22. The molecule has 1 amide bonds. The van der Waals surface area contributed by atoms with Gasteiger partial charge < -0.3 is 20.1 Å². The van der Waals surface area contributed by atoms with Crippen LogP contribution in [-0.2, 0) is 11.4 Å². The van der Waals surface area contributed by atoms with Crippen LogP contribution in [0.4, 0.5) is 10.2 Å². The Kier molecular flexibility index (Phi) is 8.46. The summed E-state index contributed by atoms with van der Waals surface area (Å²) < 4.78 is 25.6. The number of primary amides is 1. The second-order valence-electron chi connectivity index (χ2n) is 9.98.